The van der Waals surface area contributed by atoms with Crippen LogP contribution < -0.4 is 5.73 Å². The summed E-state index contributed by atoms with van der Waals surface area (Å²) in [6, 6.07) is 4.20. The van der Waals surface area contributed by atoms with Crippen molar-refractivity contribution >= 4 is 17.3 Å². The van der Waals surface area contributed by atoms with Crippen LogP contribution in [0.3, 0.4) is 0 Å². The zero-order valence-electron chi connectivity index (χ0n) is 10.8. The average Bonchev–Trinajstić information content (AvgIpc) is 3.03. The van der Waals surface area contributed by atoms with Crippen molar-refractivity contribution in [2.24, 2.45) is 0 Å². The van der Waals surface area contributed by atoms with E-state index in [1.807, 2.05) is 0 Å². The van der Waals surface area contributed by atoms with E-state index in [9.17, 15) is 4.39 Å². The van der Waals surface area contributed by atoms with Crippen molar-refractivity contribution < 1.29 is 8.91 Å². The van der Waals surface area contributed by atoms with Crippen LogP contribution in [0.5, 0.6) is 0 Å². The molecule has 0 fully saturated rings. The van der Waals surface area contributed by atoms with E-state index in [2.05, 4.69) is 15.2 Å². The number of hydrogen-bond donors (Lipinski definition) is 1. The molecule has 0 aliphatic heterocycles. The number of nitrogen functional groups attached to an aromatic ring is 1. The molecule has 0 unspecified atom stereocenters. The normalized spacial score (nSPS) is 11.0. The van der Waals surface area contributed by atoms with Crippen LogP contribution in [0.2, 0.25) is 5.02 Å². The van der Waals surface area contributed by atoms with Crippen LogP contribution in [0.1, 0.15) is 17.3 Å². The van der Waals surface area contributed by atoms with E-state index >= 15 is 0 Å². The smallest absolute Gasteiger partial charge is 0.248 e. The fourth-order valence-corrected chi connectivity index (χ4v) is 2.10. The summed E-state index contributed by atoms with van der Waals surface area (Å²) in [7, 11) is 0. The predicted octanol–water partition coefficient (Wildman–Crippen LogP) is 2.28. The third kappa shape index (κ3) is 3.19. The lowest BCUT2D eigenvalue weighted by Crippen LogP contribution is -2.00. The van der Waals surface area contributed by atoms with Crippen LogP contribution in [-0.4, -0.2) is 19.9 Å². The van der Waals surface area contributed by atoms with Gasteiger partial charge in [0.15, 0.2) is 5.82 Å². The molecule has 21 heavy (non-hydrogen) atoms. The van der Waals surface area contributed by atoms with E-state index in [0.29, 0.717) is 35.4 Å². The molecule has 0 spiro atoms. The monoisotopic (exact) mass is 307 g/mol. The number of hydrogen-bond acceptors (Lipinski definition) is 5. The van der Waals surface area contributed by atoms with Gasteiger partial charge in [0.25, 0.3) is 0 Å². The summed E-state index contributed by atoms with van der Waals surface area (Å²) < 4.78 is 19.7. The summed E-state index contributed by atoms with van der Waals surface area (Å²) in [6.45, 7) is 0.335. The Hall–Kier alpha value is -2.41. The molecule has 2 N–H and O–H groups in total. The summed E-state index contributed by atoms with van der Waals surface area (Å²) in [5.41, 5.74) is 6.87. The Morgan fingerprint density at radius 1 is 1.38 bits per heavy atom. The van der Waals surface area contributed by atoms with E-state index in [-0.39, 0.29) is 5.82 Å². The van der Waals surface area contributed by atoms with Crippen molar-refractivity contribution in [3.8, 4) is 0 Å². The van der Waals surface area contributed by atoms with Crippen LogP contribution in [0.4, 0.5) is 10.1 Å². The highest BCUT2D eigenvalue weighted by atomic mass is 35.5. The minimum Gasteiger partial charge on any atom is -0.396 e. The quantitative estimate of drug-likeness (QED) is 0.799. The highest BCUT2D eigenvalue weighted by Crippen LogP contribution is 2.19. The van der Waals surface area contributed by atoms with Gasteiger partial charge in [-0.2, -0.15) is 10.1 Å². The second kappa shape index (κ2) is 5.53. The second-order valence-corrected chi connectivity index (χ2v) is 4.90. The number of benzene rings is 1. The lowest BCUT2D eigenvalue weighted by Gasteiger charge is -2.00. The Bertz CT molecular complexity index is 770. The molecule has 2 heterocycles. The summed E-state index contributed by atoms with van der Waals surface area (Å²) in [5.74, 6) is 0.499. The highest BCUT2D eigenvalue weighted by Gasteiger charge is 2.10. The third-order valence-corrected chi connectivity index (χ3v) is 3.18. The molecular weight excluding hydrogens is 297 g/mol. The molecular formula is C13H11ClFN5O. The molecule has 6 nitrogen and oxygen atoms in total. The van der Waals surface area contributed by atoms with Gasteiger partial charge >= 0.3 is 0 Å². The first-order chi connectivity index (χ1) is 10.1. The van der Waals surface area contributed by atoms with Gasteiger partial charge in [0.05, 0.1) is 11.9 Å². The van der Waals surface area contributed by atoms with Crippen LogP contribution in [-0.2, 0) is 13.0 Å². The van der Waals surface area contributed by atoms with Gasteiger partial charge in [-0.25, -0.2) is 4.39 Å². The molecule has 3 rings (SSSR count). The first kappa shape index (κ1) is 13.6. The number of anilines is 1. The van der Waals surface area contributed by atoms with E-state index in [0.717, 1.165) is 5.56 Å². The number of halogens is 2. The molecule has 0 saturated carbocycles. The van der Waals surface area contributed by atoms with E-state index in [1.165, 1.54) is 18.3 Å². The highest BCUT2D eigenvalue weighted by molar-refractivity contribution is 6.31. The van der Waals surface area contributed by atoms with Gasteiger partial charge in [0, 0.05) is 17.6 Å². The van der Waals surface area contributed by atoms with Gasteiger partial charge in [-0.3, -0.25) is 4.68 Å². The zero-order valence-corrected chi connectivity index (χ0v) is 11.6. The van der Waals surface area contributed by atoms with Crippen LogP contribution in [0.15, 0.2) is 35.1 Å². The maximum Gasteiger partial charge on any atom is 0.248 e. The SMILES string of the molecule is Nc1cnn(Cc2nc(Cc3ccc(F)cc3Cl)no2)c1. The fraction of sp³-hybridized carbons (Fsp3) is 0.154. The Balaban J connectivity index is 1.72. The van der Waals surface area contributed by atoms with Gasteiger partial charge < -0.3 is 10.3 Å². The van der Waals surface area contributed by atoms with Crippen molar-refractivity contribution in [3.05, 3.63) is 58.7 Å². The van der Waals surface area contributed by atoms with Crippen molar-refractivity contribution in [2.75, 3.05) is 5.73 Å². The Morgan fingerprint density at radius 3 is 2.95 bits per heavy atom. The van der Waals surface area contributed by atoms with Gasteiger partial charge in [0.1, 0.15) is 12.4 Å². The third-order valence-electron chi connectivity index (χ3n) is 2.82. The zero-order chi connectivity index (χ0) is 14.8. The molecule has 0 aliphatic carbocycles. The molecule has 0 aliphatic rings. The van der Waals surface area contributed by atoms with E-state index in [1.54, 1.807) is 16.9 Å². The molecule has 8 heteroatoms. The minimum atomic E-state index is -0.381. The lowest BCUT2D eigenvalue weighted by molar-refractivity contribution is 0.362. The number of nitrogens with zero attached hydrogens (tertiary/aromatic N) is 4. The largest absolute Gasteiger partial charge is 0.396 e. The van der Waals surface area contributed by atoms with Crippen molar-refractivity contribution in [2.45, 2.75) is 13.0 Å². The molecule has 0 saturated heterocycles. The Kier molecular flexibility index (Phi) is 3.57. The van der Waals surface area contributed by atoms with Crippen LogP contribution >= 0.6 is 11.6 Å². The Morgan fingerprint density at radius 2 is 2.24 bits per heavy atom. The lowest BCUT2D eigenvalue weighted by atomic mass is 10.1. The van der Waals surface area contributed by atoms with Crippen molar-refractivity contribution in [1.82, 2.24) is 19.9 Å². The van der Waals surface area contributed by atoms with Crippen LogP contribution in [0, 0.1) is 5.82 Å². The predicted molar refractivity (Wildman–Crippen MR) is 74.3 cm³/mol. The summed E-state index contributed by atoms with van der Waals surface area (Å²) in [4.78, 5) is 4.24. The van der Waals surface area contributed by atoms with Gasteiger partial charge in [0.2, 0.25) is 5.89 Å². The fourth-order valence-electron chi connectivity index (χ4n) is 1.87. The molecule has 0 radical (unpaired) electrons. The molecule has 0 atom stereocenters. The molecule has 0 amide bonds. The van der Waals surface area contributed by atoms with Crippen molar-refractivity contribution in [1.29, 1.82) is 0 Å². The summed E-state index contributed by atoms with van der Waals surface area (Å²) >= 11 is 5.96. The van der Waals surface area contributed by atoms with E-state index < -0.39 is 0 Å². The Labute approximate surface area is 124 Å². The molecule has 2 aromatic heterocycles. The summed E-state index contributed by atoms with van der Waals surface area (Å²) in [5, 5.41) is 8.23. The molecule has 108 valence electrons. The average molecular weight is 308 g/mol. The number of nitrogens with two attached hydrogens (primary N) is 1. The van der Waals surface area contributed by atoms with Crippen molar-refractivity contribution in [3.63, 3.8) is 0 Å². The molecule has 0 bridgehead atoms. The summed E-state index contributed by atoms with van der Waals surface area (Å²) in [6.07, 6.45) is 3.57. The number of aromatic nitrogens is 4. The molecule has 3 aromatic rings. The maximum atomic E-state index is 13.0. The van der Waals surface area contributed by atoms with Gasteiger partial charge in [-0.15, -0.1) is 0 Å². The van der Waals surface area contributed by atoms with Crippen LogP contribution in [0.25, 0.3) is 0 Å². The standard InChI is InChI=1S/C13H11ClFN5O/c14-11-4-9(15)2-1-8(11)3-12-18-13(21-19-12)7-20-6-10(16)5-17-20/h1-2,4-6H,3,7,16H2. The number of rotatable bonds is 4. The first-order valence-corrected chi connectivity index (χ1v) is 6.51. The van der Waals surface area contributed by atoms with Gasteiger partial charge in [-0.1, -0.05) is 22.8 Å². The minimum absolute atomic E-state index is 0.334. The van der Waals surface area contributed by atoms with Gasteiger partial charge in [-0.05, 0) is 17.7 Å². The maximum absolute atomic E-state index is 13.0. The van der Waals surface area contributed by atoms with E-state index in [4.69, 9.17) is 21.9 Å². The second-order valence-electron chi connectivity index (χ2n) is 4.49. The first-order valence-electron chi connectivity index (χ1n) is 6.13. The molecule has 1 aromatic carbocycles. The topological polar surface area (TPSA) is 82.8 Å².